The van der Waals surface area contributed by atoms with E-state index in [4.69, 9.17) is 0 Å². The lowest BCUT2D eigenvalue weighted by Gasteiger charge is -2.45. The van der Waals surface area contributed by atoms with Gasteiger partial charge in [-0.25, -0.2) is 0 Å². The molecule has 16 rings (SSSR count). The molecule has 0 fully saturated rings. The van der Waals surface area contributed by atoms with Gasteiger partial charge in [-0.05, 0) is 121 Å². The molecule has 382 valence electrons. The van der Waals surface area contributed by atoms with Crippen LogP contribution in [-0.4, -0.2) is 11.3 Å². The van der Waals surface area contributed by atoms with Gasteiger partial charge in [0.05, 0.1) is 16.7 Å². The second-order valence-corrected chi connectivity index (χ2v) is 21.6. The van der Waals surface area contributed by atoms with Crippen LogP contribution >= 0.6 is 0 Å². The molecule has 0 radical (unpaired) electrons. The highest BCUT2D eigenvalue weighted by Gasteiger charge is 2.44. The van der Waals surface area contributed by atoms with Gasteiger partial charge in [0.25, 0.3) is 6.71 Å². The van der Waals surface area contributed by atoms with Crippen molar-refractivity contribution in [1.82, 2.24) is 4.57 Å². The van der Waals surface area contributed by atoms with Crippen molar-refractivity contribution in [2.24, 2.45) is 0 Å². The summed E-state index contributed by atoms with van der Waals surface area (Å²) in [7, 11) is 0. The van der Waals surface area contributed by atoms with E-state index >= 15 is 0 Å². The molecule has 82 heavy (non-hydrogen) atoms. The molecule has 2 aliphatic heterocycles. The normalized spacial score (nSPS) is 12.3. The van der Waals surface area contributed by atoms with Crippen LogP contribution in [0.5, 0.6) is 0 Å². The standard InChI is InChI=1S/C78H52BN3/c1-7-23-53(24-8-1)59-35-19-37-63(47-59)80-72-49-61(55-27-11-3-12-28-55)43-45-70(72)79-71-46-44-62(56-29-13-4-14-30-56)50-73(71)81(64-38-20-36-60(48-64)54-25-9-2-10-26-54)75-52-65(51-74(80)76(75)79)82-77-66(57-31-15-5-16-32-57)39-21-41-68(77)69-42-22-40-67(78(69)82)58-33-17-6-18-34-58/h1-52H. The molecule has 3 heterocycles. The molecule has 0 unspecified atom stereocenters. The highest BCUT2D eigenvalue weighted by molar-refractivity contribution is 7.00. The Morgan fingerprint density at radius 2 is 0.549 bits per heavy atom. The van der Waals surface area contributed by atoms with E-state index in [2.05, 4.69) is 330 Å². The maximum Gasteiger partial charge on any atom is 0.252 e. The zero-order chi connectivity index (χ0) is 54.1. The molecule has 0 N–H and O–H groups in total. The summed E-state index contributed by atoms with van der Waals surface area (Å²) >= 11 is 0. The van der Waals surface area contributed by atoms with Crippen molar-refractivity contribution in [2.45, 2.75) is 0 Å². The van der Waals surface area contributed by atoms with Crippen LogP contribution in [0.25, 0.3) is 94.3 Å². The Hall–Kier alpha value is -10.7. The number of anilines is 6. The zero-order valence-electron chi connectivity index (χ0n) is 44.9. The molecule has 0 spiro atoms. The average molecular weight is 1040 g/mol. The fourth-order valence-corrected chi connectivity index (χ4v) is 13.3. The zero-order valence-corrected chi connectivity index (χ0v) is 44.9. The van der Waals surface area contributed by atoms with Crippen LogP contribution in [0, 0.1) is 0 Å². The summed E-state index contributed by atoms with van der Waals surface area (Å²) in [6.07, 6.45) is 0. The van der Waals surface area contributed by atoms with Crippen molar-refractivity contribution in [3.63, 3.8) is 0 Å². The molecule has 1 aromatic heterocycles. The van der Waals surface area contributed by atoms with Crippen LogP contribution in [0.4, 0.5) is 34.1 Å². The van der Waals surface area contributed by atoms with Gasteiger partial charge in [0.1, 0.15) is 0 Å². The monoisotopic (exact) mass is 1040 g/mol. The Kier molecular flexibility index (Phi) is 11.3. The van der Waals surface area contributed by atoms with Crippen LogP contribution in [0.2, 0.25) is 0 Å². The van der Waals surface area contributed by atoms with E-state index < -0.39 is 0 Å². The molecular weight excluding hydrogens is 990 g/mol. The maximum absolute atomic E-state index is 2.60. The first-order valence-corrected chi connectivity index (χ1v) is 28.4. The van der Waals surface area contributed by atoms with Crippen molar-refractivity contribution in [3.8, 4) is 72.4 Å². The molecule has 0 atom stereocenters. The van der Waals surface area contributed by atoms with Gasteiger partial charge in [0, 0.05) is 56.0 Å². The van der Waals surface area contributed by atoms with Gasteiger partial charge in [0.2, 0.25) is 0 Å². The van der Waals surface area contributed by atoms with Crippen LogP contribution in [0.3, 0.4) is 0 Å². The minimum absolute atomic E-state index is 0.126. The summed E-state index contributed by atoms with van der Waals surface area (Å²) < 4.78 is 2.60. The number of nitrogens with zero attached hydrogens (tertiary/aromatic N) is 3. The third kappa shape index (κ3) is 7.83. The van der Waals surface area contributed by atoms with Gasteiger partial charge in [0.15, 0.2) is 0 Å². The summed E-state index contributed by atoms with van der Waals surface area (Å²) in [5.41, 5.74) is 28.0. The number of aromatic nitrogens is 1. The molecule has 0 bridgehead atoms. The lowest BCUT2D eigenvalue weighted by atomic mass is 9.33. The fraction of sp³-hybridized carbons (Fsp3) is 0. The van der Waals surface area contributed by atoms with E-state index in [0.29, 0.717) is 0 Å². The van der Waals surface area contributed by atoms with Crippen molar-refractivity contribution in [2.75, 3.05) is 9.80 Å². The third-order valence-corrected chi connectivity index (χ3v) is 16.9. The van der Waals surface area contributed by atoms with E-state index in [0.717, 1.165) is 62.0 Å². The van der Waals surface area contributed by atoms with E-state index in [1.54, 1.807) is 0 Å². The predicted octanol–water partition coefficient (Wildman–Crippen LogP) is 18.9. The van der Waals surface area contributed by atoms with Gasteiger partial charge in [-0.1, -0.05) is 267 Å². The van der Waals surface area contributed by atoms with Crippen molar-refractivity contribution in [3.05, 3.63) is 315 Å². The molecule has 3 nitrogen and oxygen atoms in total. The summed E-state index contributed by atoms with van der Waals surface area (Å²) in [6, 6.07) is 117. The Balaban J connectivity index is 1.08. The first-order valence-electron chi connectivity index (χ1n) is 28.4. The molecule has 13 aromatic carbocycles. The largest absolute Gasteiger partial charge is 0.311 e. The molecule has 0 aliphatic carbocycles. The van der Waals surface area contributed by atoms with Gasteiger partial charge in [-0.15, -0.1) is 0 Å². The Morgan fingerprint density at radius 3 is 0.927 bits per heavy atom. The topological polar surface area (TPSA) is 11.4 Å². The SMILES string of the molecule is c1ccc(-c2cccc(N3c4cc(-c5ccccc5)ccc4B4c5ccc(-c6ccccc6)cc5N(c5cccc(-c6ccccc6)c5)c5cc(-n6c7c(-c8ccccc8)cccc7c7cccc(-c8ccccc8)c76)cc3c54)c2)cc1. The molecule has 4 heteroatoms. The number of benzene rings is 13. The number of fused-ring (bicyclic) bond motifs is 7. The summed E-state index contributed by atoms with van der Waals surface area (Å²) in [6.45, 7) is -0.126. The smallest absolute Gasteiger partial charge is 0.252 e. The van der Waals surface area contributed by atoms with Gasteiger partial charge >= 0.3 is 0 Å². The number of hydrogen-bond acceptors (Lipinski definition) is 2. The van der Waals surface area contributed by atoms with Crippen molar-refractivity contribution in [1.29, 1.82) is 0 Å². The van der Waals surface area contributed by atoms with Crippen LogP contribution in [0.15, 0.2) is 315 Å². The molecule has 0 amide bonds. The predicted molar refractivity (Wildman–Crippen MR) is 347 cm³/mol. The maximum atomic E-state index is 2.60. The second kappa shape index (κ2) is 19.6. The Bertz CT molecular complexity index is 4440. The Morgan fingerprint density at radius 1 is 0.220 bits per heavy atom. The first-order chi connectivity index (χ1) is 40.7. The number of rotatable bonds is 9. The number of para-hydroxylation sites is 2. The number of hydrogen-bond donors (Lipinski definition) is 0. The van der Waals surface area contributed by atoms with Gasteiger partial charge in [-0.2, -0.15) is 0 Å². The van der Waals surface area contributed by atoms with Crippen LogP contribution in [0.1, 0.15) is 0 Å². The lowest BCUT2D eigenvalue weighted by molar-refractivity contribution is 1.16. The average Bonchev–Trinajstić information content (AvgIpc) is 3.70. The molecule has 2 aliphatic rings. The summed E-state index contributed by atoms with van der Waals surface area (Å²) in [5.74, 6) is 0. The van der Waals surface area contributed by atoms with E-state index in [9.17, 15) is 0 Å². The quantitative estimate of drug-likeness (QED) is 0.134. The van der Waals surface area contributed by atoms with Gasteiger partial charge in [-0.3, -0.25) is 0 Å². The highest BCUT2D eigenvalue weighted by atomic mass is 15.2. The Labute approximate surface area is 478 Å². The fourth-order valence-electron chi connectivity index (χ4n) is 13.3. The molecular formula is C78H52BN3. The molecule has 0 saturated carbocycles. The molecule has 0 saturated heterocycles. The highest BCUT2D eigenvalue weighted by Crippen LogP contribution is 2.50. The van der Waals surface area contributed by atoms with E-state index in [1.807, 2.05) is 0 Å². The van der Waals surface area contributed by atoms with Crippen molar-refractivity contribution >= 4 is 79.0 Å². The lowest BCUT2D eigenvalue weighted by Crippen LogP contribution is -2.61. The van der Waals surface area contributed by atoms with Crippen molar-refractivity contribution < 1.29 is 0 Å². The summed E-state index contributed by atoms with van der Waals surface area (Å²) in [4.78, 5) is 5.16. The van der Waals surface area contributed by atoms with Crippen LogP contribution in [-0.2, 0) is 0 Å². The summed E-state index contributed by atoms with van der Waals surface area (Å²) in [5, 5.41) is 2.41. The van der Waals surface area contributed by atoms with E-state index in [-0.39, 0.29) is 6.71 Å². The first kappa shape index (κ1) is 47.3. The minimum Gasteiger partial charge on any atom is -0.311 e. The van der Waals surface area contributed by atoms with Gasteiger partial charge < -0.3 is 14.4 Å². The minimum atomic E-state index is -0.126. The molecule has 14 aromatic rings. The van der Waals surface area contributed by atoms with E-state index in [1.165, 1.54) is 82.8 Å². The third-order valence-electron chi connectivity index (χ3n) is 16.9. The van der Waals surface area contributed by atoms with Crippen LogP contribution < -0.4 is 26.2 Å². The second-order valence-electron chi connectivity index (χ2n) is 21.6.